The van der Waals surface area contributed by atoms with Crippen LogP contribution >= 0.6 is 0 Å². The highest BCUT2D eigenvalue weighted by molar-refractivity contribution is 6.50. The van der Waals surface area contributed by atoms with E-state index in [0.29, 0.717) is 18.0 Å². The number of hydrogen-bond acceptors (Lipinski definition) is 7. The molecule has 0 unspecified atom stereocenters. The molecule has 1 amide bonds. The number of aromatic nitrogens is 2. The summed E-state index contributed by atoms with van der Waals surface area (Å²) in [6.45, 7) is 13.0. The number of aryl methyl sites for hydroxylation is 1. The first-order valence-electron chi connectivity index (χ1n) is 14.3. The topological polar surface area (TPSA) is 90.2 Å². The van der Waals surface area contributed by atoms with E-state index in [9.17, 15) is 4.79 Å². The molecule has 0 radical (unpaired) electrons. The maximum Gasteiger partial charge on any atom is 0.279 e. The molecule has 1 aliphatic heterocycles. The van der Waals surface area contributed by atoms with Gasteiger partial charge in [-0.15, -0.1) is 0 Å². The van der Waals surface area contributed by atoms with Gasteiger partial charge in [-0.1, -0.05) is 67.9 Å². The minimum Gasteiger partial charge on any atom is -0.492 e. The van der Waals surface area contributed by atoms with E-state index in [1.165, 1.54) is 7.11 Å². The molecule has 1 N–H and O–H groups in total. The highest BCUT2D eigenvalue weighted by atomic mass is 16.6. The van der Waals surface area contributed by atoms with Gasteiger partial charge in [-0.2, -0.15) is 5.10 Å². The Hall–Kier alpha value is -4.21. The van der Waals surface area contributed by atoms with E-state index in [1.807, 2.05) is 73.7 Å². The lowest BCUT2D eigenvalue weighted by Crippen LogP contribution is -2.38. The quantitative estimate of drug-likeness (QED) is 0.216. The largest absolute Gasteiger partial charge is 0.492 e. The Bertz CT molecular complexity index is 1560. The van der Waals surface area contributed by atoms with Crippen LogP contribution in [0.4, 0.5) is 5.82 Å². The van der Waals surface area contributed by atoms with Crippen molar-refractivity contribution in [2.24, 2.45) is 5.16 Å². The number of nitrogens with one attached hydrogen (secondary N) is 1. The average molecular weight is 570 g/mol. The summed E-state index contributed by atoms with van der Waals surface area (Å²) < 4.78 is 13.4. The molecule has 1 saturated heterocycles. The monoisotopic (exact) mass is 569 g/mol. The van der Waals surface area contributed by atoms with E-state index in [-0.39, 0.29) is 11.1 Å². The van der Waals surface area contributed by atoms with Crippen LogP contribution in [0.25, 0.3) is 16.5 Å². The Morgan fingerprint density at radius 1 is 1.02 bits per heavy atom. The summed E-state index contributed by atoms with van der Waals surface area (Å²) in [5.41, 5.74) is 3.42. The zero-order valence-electron chi connectivity index (χ0n) is 25.0. The van der Waals surface area contributed by atoms with Crippen LogP contribution in [0, 0.1) is 6.92 Å². The number of carbonyl (C=O) groups excluding carboxylic acids is 1. The lowest BCUT2D eigenvalue weighted by atomic mass is 9.92. The smallest absolute Gasteiger partial charge is 0.279 e. The molecule has 9 heteroatoms. The van der Waals surface area contributed by atoms with Gasteiger partial charge in [0.05, 0.1) is 24.6 Å². The fourth-order valence-electron chi connectivity index (χ4n) is 4.91. The van der Waals surface area contributed by atoms with Crippen molar-refractivity contribution in [3.63, 3.8) is 0 Å². The number of anilines is 1. The third kappa shape index (κ3) is 6.64. The Morgan fingerprint density at radius 2 is 1.74 bits per heavy atom. The predicted molar refractivity (Wildman–Crippen MR) is 166 cm³/mol. The number of nitrogens with zero attached hydrogens (tertiary/aromatic N) is 4. The van der Waals surface area contributed by atoms with Crippen LogP contribution in [-0.4, -0.2) is 72.9 Å². The van der Waals surface area contributed by atoms with Crippen molar-refractivity contribution in [3.05, 3.63) is 83.6 Å². The van der Waals surface area contributed by atoms with Crippen molar-refractivity contribution in [1.29, 1.82) is 0 Å². The van der Waals surface area contributed by atoms with Gasteiger partial charge in [-0.25, -0.2) is 4.68 Å². The molecule has 42 heavy (non-hydrogen) atoms. The van der Waals surface area contributed by atoms with Crippen LogP contribution in [-0.2, 0) is 19.8 Å². The Labute approximate surface area is 247 Å². The van der Waals surface area contributed by atoms with E-state index in [4.69, 9.17) is 19.4 Å². The summed E-state index contributed by atoms with van der Waals surface area (Å²) in [5, 5.41) is 13.8. The standard InChI is InChI=1S/C33H39N5O4/c1-23-10-12-24(13-11-23)38-30(22-29(35-38)33(2,3)4)34-32(39)31(36-40-5)27-14-15-28(26-9-7-6-8-25(26)27)42-21-18-37-16-19-41-20-17-37/h6-15,22H,16-21H2,1-5H3,(H,34,39). The fourth-order valence-corrected chi connectivity index (χ4v) is 4.91. The van der Waals surface area contributed by atoms with Gasteiger partial charge in [0.25, 0.3) is 5.91 Å². The summed E-state index contributed by atoms with van der Waals surface area (Å²) in [7, 11) is 1.44. The Balaban J connectivity index is 1.44. The number of rotatable bonds is 9. The van der Waals surface area contributed by atoms with Gasteiger partial charge in [0.15, 0.2) is 5.71 Å². The molecular weight excluding hydrogens is 530 g/mol. The first-order chi connectivity index (χ1) is 20.2. The van der Waals surface area contributed by atoms with E-state index >= 15 is 0 Å². The second-order valence-electron chi connectivity index (χ2n) is 11.4. The van der Waals surface area contributed by atoms with Gasteiger partial charge in [0.1, 0.15) is 25.3 Å². The van der Waals surface area contributed by atoms with Crippen molar-refractivity contribution in [2.45, 2.75) is 33.1 Å². The molecule has 3 aromatic carbocycles. The zero-order chi connectivity index (χ0) is 29.7. The van der Waals surface area contributed by atoms with E-state index in [1.54, 1.807) is 4.68 Å². The number of amides is 1. The molecule has 0 atom stereocenters. The van der Waals surface area contributed by atoms with Gasteiger partial charge >= 0.3 is 0 Å². The van der Waals surface area contributed by atoms with Crippen LogP contribution in [0.1, 0.15) is 37.6 Å². The third-order valence-electron chi connectivity index (χ3n) is 7.30. The molecule has 1 fully saturated rings. The van der Waals surface area contributed by atoms with Crippen molar-refractivity contribution < 1.29 is 19.1 Å². The first-order valence-corrected chi connectivity index (χ1v) is 14.3. The molecule has 0 bridgehead atoms. The number of morpholine rings is 1. The summed E-state index contributed by atoms with van der Waals surface area (Å²) in [5.74, 6) is 0.897. The normalized spacial score (nSPS) is 14.6. The molecule has 1 aromatic heterocycles. The Morgan fingerprint density at radius 3 is 2.43 bits per heavy atom. The lowest BCUT2D eigenvalue weighted by Gasteiger charge is -2.26. The first kappa shape index (κ1) is 29.3. The van der Waals surface area contributed by atoms with Crippen molar-refractivity contribution in [2.75, 3.05) is 51.9 Å². The van der Waals surface area contributed by atoms with Crippen molar-refractivity contribution in [3.8, 4) is 11.4 Å². The van der Waals surface area contributed by atoms with Gasteiger partial charge in [0, 0.05) is 42.1 Å². The average Bonchev–Trinajstić information content (AvgIpc) is 3.41. The SMILES string of the molecule is CON=C(C(=O)Nc1cc(C(C)(C)C)nn1-c1ccc(C)cc1)c1ccc(OCCN2CCOCC2)c2ccccc12. The van der Waals surface area contributed by atoms with E-state index in [2.05, 4.69) is 36.1 Å². The van der Waals surface area contributed by atoms with E-state index in [0.717, 1.165) is 66.3 Å². The lowest BCUT2D eigenvalue weighted by molar-refractivity contribution is -0.110. The molecule has 5 rings (SSSR count). The highest BCUT2D eigenvalue weighted by Gasteiger charge is 2.25. The van der Waals surface area contributed by atoms with Crippen LogP contribution in [0.2, 0.25) is 0 Å². The summed E-state index contributed by atoms with van der Waals surface area (Å²) in [6, 6.07) is 21.5. The molecule has 9 nitrogen and oxygen atoms in total. The van der Waals surface area contributed by atoms with Gasteiger partial charge in [-0.3, -0.25) is 9.69 Å². The van der Waals surface area contributed by atoms with Crippen LogP contribution < -0.4 is 10.1 Å². The molecule has 0 aliphatic carbocycles. The summed E-state index contributed by atoms with van der Waals surface area (Å²) in [4.78, 5) is 21.4. The van der Waals surface area contributed by atoms with E-state index < -0.39 is 5.91 Å². The Kier molecular flexibility index (Phi) is 8.89. The second kappa shape index (κ2) is 12.8. The minimum atomic E-state index is -0.406. The van der Waals surface area contributed by atoms with Crippen LogP contribution in [0.5, 0.6) is 5.75 Å². The number of fused-ring (bicyclic) bond motifs is 1. The van der Waals surface area contributed by atoms with Crippen molar-refractivity contribution in [1.82, 2.24) is 14.7 Å². The molecule has 220 valence electrons. The molecule has 1 aliphatic rings. The molecule has 2 heterocycles. The predicted octanol–water partition coefficient (Wildman–Crippen LogP) is 5.33. The summed E-state index contributed by atoms with van der Waals surface area (Å²) in [6.07, 6.45) is 0. The number of carbonyl (C=O) groups is 1. The maximum absolute atomic E-state index is 13.9. The van der Waals surface area contributed by atoms with Gasteiger partial charge in [-0.05, 0) is 36.6 Å². The van der Waals surface area contributed by atoms with Crippen LogP contribution in [0.3, 0.4) is 0 Å². The molecule has 4 aromatic rings. The second-order valence-corrected chi connectivity index (χ2v) is 11.4. The number of ether oxygens (including phenoxy) is 2. The maximum atomic E-state index is 13.9. The third-order valence-corrected chi connectivity index (χ3v) is 7.30. The molecule has 0 spiro atoms. The van der Waals surface area contributed by atoms with Gasteiger partial charge in [0.2, 0.25) is 0 Å². The minimum absolute atomic E-state index is 0.155. The van der Waals surface area contributed by atoms with Crippen LogP contribution in [0.15, 0.2) is 71.9 Å². The number of oxime groups is 1. The fraction of sp³-hybridized carbons (Fsp3) is 0.364. The highest BCUT2D eigenvalue weighted by Crippen LogP contribution is 2.30. The van der Waals surface area contributed by atoms with Gasteiger partial charge < -0.3 is 19.6 Å². The zero-order valence-corrected chi connectivity index (χ0v) is 25.0. The number of hydrogen-bond donors (Lipinski definition) is 1. The molecule has 0 saturated carbocycles. The summed E-state index contributed by atoms with van der Waals surface area (Å²) >= 11 is 0. The van der Waals surface area contributed by atoms with Crippen molar-refractivity contribution >= 4 is 28.2 Å². The molecular formula is C33H39N5O4. The number of benzene rings is 3.